The quantitative estimate of drug-likeness (QED) is 0.197. The molecule has 2 aromatic heterocycles. The van der Waals surface area contributed by atoms with E-state index in [1.165, 1.54) is 23.0 Å². The molecule has 1 saturated heterocycles. The fraction of sp³-hybridized carbons (Fsp3) is 0.429. The van der Waals surface area contributed by atoms with Crippen LogP contribution in [0.15, 0.2) is 54.5 Å². The molecule has 222 valence electrons. The number of fused-ring (bicyclic) bond motifs is 2. The molecule has 0 saturated carbocycles. The Kier molecular flexibility index (Phi) is 8.37. The van der Waals surface area contributed by atoms with Gasteiger partial charge < -0.3 is 25.7 Å². The van der Waals surface area contributed by atoms with Gasteiger partial charge in [-0.1, -0.05) is 23.4 Å². The van der Waals surface area contributed by atoms with Crippen LogP contribution in [0.5, 0.6) is 0 Å². The van der Waals surface area contributed by atoms with Crippen molar-refractivity contribution in [1.29, 1.82) is 0 Å². The zero-order valence-corrected chi connectivity index (χ0v) is 26.3. The Morgan fingerprint density at radius 1 is 1.33 bits per heavy atom. The Hall–Kier alpha value is -3.42. The Morgan fingerprint density at radius 3 is 2.76 bits per heavy atom. The molecule has 1 atom stereocenters. The SMILES string of the molecule is C=N/C(Sc1ccc2nc[nH]c(=O)c2c1Cl)=C(N)\N=C(/C)N1CCC2(CC1)Cc1scnc1[C@H]2NC(=O)OC(C)(C)C. The fourth-order valence-corrected chi connectivity index (χ4v) is 7.56. The van der Waals surface area contributed by atoms with Crippen LogP contribution in [0, 0.1) is 5.41 Å². The molecule has 1 aliphatic heterocycles. The number of aliphatic imine (C=N–C) groups is 2. The van der Waals surface area contributed by atoms with Gasteiger partial charge in [-0.15, -0.1) is 11.3 Å². The van der Waals surface area contributed by atoms with Crippen LogP contribution in [0.2, 0.25) is 5.02 Å². The molecule has 11 nitrogen and oxygen atoms in total. The number of alkyl carbamates (subject to hydrolysis) is 1. The van der Waals surface area contributed by atoms with Gasteiger partial charge in [0.25, 0.3) is 5.56 Å². The molecule has 0 radical (unpaired) electrons. The van der Waals surface area contributed by atoms with Gasteiger partial charge in [0, 0.05) is 28.3 Å². The predicted molar refractivity (Wildman–Crippen MR) is 168 cm³/mol. The number of carbonyl (C=O) groups excluding carboxylic acids is 1. The molecular formula is C28H33ClN8O3S2. The molecule has 1 aromatic carbocycles. The highest BCUT2D eigenvalue weighted by Crippen LogP contribution is 2.52. The predicted octanol–water partition coefficient (Wildman–Crippen LogP) is 5.23. The smallest absolute Gasteiger partial charge is 0.408 e. The van der Waals surface area contributed by atoms with Crippen LogP contribution in [0.3, 0.4) is 0 Å². The van der Waals surface area contributed by atoms with Crippen molar-refractivity contribution < 1.29 is 9.53 Å². The molecule has 1 fully saturated rings. The molecule has 1 aliphatic carbocycles. The number of hydrogen-bond donors (Lipinski definition) is 3. The first-order chi connectivity index (χ1) is 19.9. The van der Waals surface area contributed by atoms with Crippen molar-refractivity contribution in [3.8, 4) is 0 Å². The average Bonchev–Trinajstić information content (AvgIpc) is 3.47. The third kappa shape index (κ3) is 6.04. The van der Waals surface area contributed by atoms with Gasteiger partial charge in [-0.05, 0) is 65.8 Å². The molecule has 3 aromatic rings. The number of halogens is 1. The minimum Gasteiger partial charge on any atom is -0.444 e. The Morgan fingerprint density at radius 2 is 2.07 bits per heavy atom. The molecule has 4 N–H and O–H groups in total. The first-order valence-electron chi connectivity index (χ1n) is 13.4. The zero-order valence-electron chi connectivity index (χ0n) is 23.9. The standard InChI is InChI=1S/C28H33ClN8O3S2/c1-15(35-23(30)25(31-5)42-17-7-6-16-19(20(17)29)24(38)33-13-32-16)37-10-8-28(9-11-37)12-18-21(34-14-41-18)22(28)36-26(39)40-27(2,3)4/h6-7,13-14,22H,5,8-12,30H2,1-4H3,(H,36,39)(H,32,33,38)/b25-23+,35-15+/t22-/m1/s1. The van der Waals surface area contributed by atoms with Crippen LogP contribution >= 0.6 is 34.7 Å². The summed E-state index contributed by atoms with van der Waals surface area (Å²) in [6.45, 7) is 12.6. The van der Waals surface area contributed by atoms with E-state index in [-0.39, 0.29) is 27.9 Å². The van der Waals surface area contributed by atoms with E-state index in [1.54, 1.807) is 23.5 Å². The van der Waals surface area contributed by atoms with Crippen molar-refractivity contribution >= 4 is 64.2 Å². The number of benzene rings is 1. The molecule has 1 spiro atoms. The summed E-state index contributed by atoms with van der Waals surface area (Å²) in [6, 6.07) is 3.27. The molecule has 0 bridgehead atoms. The lowest BCUT2D eigenvalue weighted by Crippen LogP contribution is -2.48. The lowest BCUT2D eigenvalue weighted by atomic mass is 9.73. The lowest BCUT2D eigenvalue weighted by molar-refractivity contribution is 0.0389. The summed E-state index contributed by atoms with van der Waals surface area (Å²) in [5.74, 6) is 0.942. The summed E-state index contributed by atoms with van der Waals surface area (Å²) in [4.78, 5) is 49.1. The Bertz CT molecular complexity index is 1650. The molecule has 14 heteroatoms. The number of amidine groups is 1. The first kappa shape index (κ1) is 30.1. The van der Waals surface area contributed by atoms with Gasteiger partial charge in [0.1, 0.15) is 16.5 Å². The third-order valence-corrected chi connectivity index (χ3v) is 9.96. The number of thiazole rings is 1. The number of nitrogens with two attached hydrogens (primary N) is 1. The molecule has 0 unspecified atom stereocenters. The number of carbonyl (C=O) groups is 1. The van der Waals surface area contributed by atoms with E-state index in [2.05, 4.69) is 41.9 Å². The Labute approximate surface area is 256 Å². The number of hydrogen-bond acceptors (Lipinski definition) is 10. The number of likely N-dealkylation sites (tertiary alicyclic amines) is 1. The second-order valence-corrected chi connectivity index (χ2v) is 13.7. The number of amides is 1. The largest absolute Gasteiger partial charge is 0.444 e. The van der Waals surface area contributed by atoms with Crippen LogP contribution in [0.25, 0.3) is 10.9 Å². The summed E-state index contributed by atoms with van der Waals surface area (Å²) in [7, 11) is 0. The van der Waals surface area contributed by atoms with Crippen LogP contribution in [0.1, 0.15) is 57.1 Å². The Balaban J connectivity index is 1.31. The van der Waals surface area contributed by atoms with Crippen molar-refractivity contribution in [3.05, 3.63) is 60.8 Å². The number of ether oxygens (including phenoxy) is 1. The number of nitrogens with one attached hydrogen (secondary N) is 2. The average molecular weight is 629 g/mol. The maximum atomic E-state index is 12.7. The molecule has 1 amide bonds. The first-order valence-corrected chi connectivity index (χ1v) is 15.5. The van der Waals surface area contributed by atoms with Gasteiger partial charge in [-0.2, -0.15) is 0 Å². The number of thioether (sulfide) groups is 1. The highest BCUT2D eigenvalue weighted by atomic mass is 35.5. The van der Waals surface area contributed by atoms with Gasteiger partial charge in [-0.25, -0.2) is 19.8 Å². The third-order valence-electron chi connectivity index (χ3n) is 7.51. The van der Waals surface area contributed by atoms with Gasteiger partial charge >= 0.3 is 6.09 Å². The van der Waals surface area contributed by atoms with Gasteiger partial charge in [0.05, 0.1) is 39.5 Å². The highest BCUT2D eigenvalue weighted by Gasteiger charge is 2.50. The fourth-order valence-electron chi connectivity index (χ4n) is 5.49. The van der Waals surface area contributed by atoms with E-state index in [0.717, 1.165) is 43.9 Å². The van der Waals surface area contributed by atoms with Gasteiger partial charge in [-0.3, -0.25) is 9.79 Å². The molecular weight excluding hydrogens is 596 g/mol. The minimum absolute atomic E-state index is 0.145. The summed E-state index contributed by atoms with van der Waals surface area (Å²) in [5, 5.41) is 4.06. The zero-order chi connectivity index (χ0) is 30.2. The van der Waals surface area contributed by atoms with Crippen LogP contribution in [-0.4, -0.2) is 57.2 Å². The maximum absolute atomic E-state index is 12.7. The molecule has 5 rings (SSSR count). The van der Waals surface area contributed by atoms with Crippen molar-refractivity contribution in [2.75, 3.05) is 13.1 Å². The summed E-state index contributed by atoms with van der Waals surface area (Å²) in [6.07, 6.45) is 3.45. The van der Waals surface area contributed by atoms with Gasteiger partial charge in [0.15, 0.2) is 5.82 Å². The summed E-state index contributed by atoms with van der Waals surface area (Å²) < 4.78 is 5.57. The van der Waals surface area contributed by atoms with E-state index in [0.29, 0.717) is 20.8 Å². The number of aromatic nitrogens is 3. The van der Waals surface area contributed by atoms with Crippen molar-refractivity contribution in [2.45, 2.75) is 63.5 Å². The van der Waals surface area contributed by atoms with Crippen molar-refractivity contribution in [1.82, 2.24) is 25.2 Å². The lowest BCUT2D eigenvalue weighted by Gasteiger charge is -2.43. The highest BCUT2D eigenvalue weighted by molar-refractivity contribution is 8.03. The van der Waals surface area contributed by atoms with Crippen LogP contribution in [0.4, 0.5) is 4.79 Å². The topological polar surface area (TPSA) is 151 Å². The van der Waals surface area contributed by atoms with E-state index in [1.807, 2.05) is 33.2 Å². The number of aromatic amines is 1. The van der Waals surface area contributed by atoms with Gasteiger partial charge in [0.2, 0.25) is 0 Å². The van der Waals surface area contributed by atoms with Crippen LogP contribution in [-0.2, 0) is 11.2 Å². The maximum Gasteiger partial charge on any atom is 0.408 e. The van der Waals surface area contributed by atoms with E-state index < -0.39 is 11.7 Å². The van der Waals surface area contributed by atoms with E-state index >= 15 is 0 Å². The van der Waals surface area contributed by atoms with E-state index in [4.69, 9.17) is 22.1 Å². The van der Waals surface area contributed by atoms with Crippen molar-refractivity contribution in [2.24, 2.45) is 21.1 Å². The molecule has 3 heterocycles. The summed E-state index contributed by atoms with van der Waals surface area (Å²) >= 11 is 9.37. The minimum atomic E-state index is -0.586. The monoisotopic (exact) mass is 628 g/mol. The second kappa shape index (κ2) is 11.7. The number of piperidine rings is 1. The number of H-pyrrole nitrogens is 1. The normalized spacial score (nSPS) is 19.0. The van der Waals surface area contributed by atoms with E-state index in [9.17, 15) is 9.59 Å². The summed E-state index contributed by atoms with van der Waals surface area (Å²) in [5.41, 5.74) is 8.60. The van der Waals surface area contributed by atoms with Crippen molar-refractivity contribution in [3.63, 3.8) is 0 Å². The second-order valence-electron chi connectivity index (χ2n) is 11.4. The number of nitrogens with zero attached hydrogens (tertiary/aromatic N) is 5. The van der Waals surface area contributed by atoms with Crippen LogP contribution < -0.4 is 16.6 Å². The molecule has 42 heavy (non-hydrogen) atoms. The number of rotatable bonds is 5. The molecule has 2 aliphatic rings.